The van der Waals surface area contributed by atoms with Gasteiger partial charge in [0.05, 0.1) is 7.11 Å². The van der Waals surface area contributed by atoms with Crippen LogP contribution in [-0.4, -0.2) is 34.8 Å². The Kier molecular flexibility index (Phi) is 4.28. The van der Waals surface area contributed by atoms with E-state index in [4.69, 9.17) is 9.47 Å². The second-order valence-corrected chi connectivity index (χ2v) is 6.33. The highest BCUT2D eigenvalue weighted by molar-refractivity contribution is 5.95. The predicted molar refractivity (Wildman–Crippen MR) is 96.8 cm³/mol. The Balaban J connectivity index is 1.55. The number of fused-ring (bicyclic) bond motifs is 1. The van der Waals surface area contributed by atoms with Crippen LogP contribution in [0.25, 0.3) is 10.8 Å². The van der Waals surface area contributed by atoms with E-state index in [-0.39, 0.29) is 6.10 Å². The van der Waals surface area contributed by atoms with Gasteiger partial charge in [0.25, 0.3) is 0 Å². The topological polar surface area (TPSA) is 61.2 Å². The molecule has 1 aliphatic rings. The predicted octanol–water partition coefficient (Wildman–Crippen LogP) is 3.17. The summed E-state index contributed by atoms with van der Waals surface area (Å²) in [6, 6.07) is 8.00. The van der Waals surface area contributed by atoms with Gasteiger partial charge in [-0.05, 0) is 18.6 Å². The van der Waals surface area contributed by atoms with Gasteiger partial charge in [-0.25, -0.2) is 9.97 Å². The van der Waals surface area contributed by atoms with E-state index >= 15 is 0 Å². The fraction of sp³-hybridized carbons (Fsp3) is 0.368. The van der Waals surface area contributed by atoms with Crippen molar-refractivity contribution in [3.63, 3.8) is 0 Å². The Morgan fingerprint density at radius 2 is 2.16 bits per heavy atom. The minimum absolute atomic E-state index is 0.0250. The van der Waals surface area contributed by atoms with Crippen LogP contribution in [0.4, 0.5) is 5.82 Å². The van der Waals surface area contributed by atoms with E-state index in [0.717, 1.165) is 47.7 Å². The van der Waals surface area contributed by atoms with Crippen LogP contribution in [0.5, 0.6) is 5.75 Å². The van der Waals surface area contributed by atoms with Gasteiger partial charge >= 0.3 is 0 Å². The minimum Gasteiger partial charge on any atom is -0.496 e. The van der Waals surface area contributed by atoms with Crippen LogP contribution >= 0.6 is 0 Å². The molecular weight excluding hydrogens is 316 g/mol. The van der Waals surface area contributed by atoms with Crippen molar-refractivity contribution in [3.05, 3.63) is 48.7 Å². The highest BCUT2D eigenvalue weighted by Gasteiger charge is 2.32. The highest BCUT2D eigenvalue weighted by Crippen LogP contribution is 2.34. The van der Waals surface area contributed by atoms with Gasteiger partial charge in [-0.1, -0.05) is 12.1 Å². The van der Waals surface area contributed by atoms with Gasteiger partial charge in [0.15, 0.2) is 0 Å². The first-order valence-electron chi connectivity index (χ1n) is 8.52. The molecule has 0 saturated carbocycles. The normalized spacial score (nSPS) is 20.1. The molecule has 2 aromatic heterocycles. The van der Waals surface area contributed by atoms with Crippen molar-refractivity contribution >= 4 is 16.6 Å². The second-order valence-electron chi connectivity index (χ2n) is 6.33. The van der Waals surface area contributed by atoms with Crippen LogP contribution in [0.1, 0.15) is 18.3 Å². The summed E-state index contributed by atoms with van der Waals surface area (Å²) >= 11 is 0. The standard InChI is InChI=1S/C19H22N4O2/c1-23-10-9-21-19(23)17-13(7-11-25-17)12-22-18-15-4-3-5-16(24-2)14(15)6-8-20-18/h3-6,8-10,13,17H,7,11-12H2,1-2H3,(H,20,22)/t13-,17+/m0/s1. The number of hydrogen-bond donors (Lipinski definition) is 1. The van der Waals surface area contributed by atoms with Crippen molar-refractivity contribution in [1.29, 1.82) is 0 Å². The lowest BCUT2D eigenvalue weighted by molar-refractivity contribution is 0.0839. The molecule has 1 aliphatic heterocycles. The molecule has 1 fully saturated rings. The number of benzene rings is 1. The molecule has 6 heteroatoms. The maximum Gasteiger partial charge on any atom is 0.138 e. The van der Waals surface area contributed by atoms with Crippen molar-refractivity contribution in [2.24, 2.45) is 13.0 Å². The van der Waals surface area contributed by atoms with Crippen molar-refractivity contribution in [2.45, 2.75) is 12.5 Å². The molecule has 2 atom stereocenters. The second kappa shape index (κ2) is 6.72. The van der Waals surface area contributed by atoms with E-state index in [1.165, 1.54) is 0 Å². The number of imidazole rings is 1. The average Bonchev–Trinajstić information content (AvgIpc) is 3.27. The monoisotopic (exact) mass is 338 g/mol. The van der Waals surface area contributed by atoms with Gasteiger partial charge in [-0.3, -0.25) is 0 Å². The third-order valence-corrected chi connectivity index (χ3v) is 4.84. The van der Waals surface area contributed by atoms with E-state index in [9.17, 15) is 0 Å². The summed E-state index contributed by atoms with van der Waals surface area (Å²) in [5, 5.41) is 5.63. The number of methoxy groups -OCH3 is 1. The fourth-order valence-corrected chi connectivity index (χ4v) is 3.50. The molecule has 1 N–H and O–H groups in total. The maximum atomic E-state index is 5.94. The third kappa shape index (κ3) is 2.93. The summed E-state index contributed by atoms with van der Waals surface area (Å²) in [5.74, 6) is 3.08. The van der Waals surface area contributed by atoms with Crippen LogP contribution in [0.15, 0.2) is 42.9 Å². The summed E-state index contributed by atoms with van der Waals surface area (Å²) in [6.45, 7) is 1.56. The molecule has 3 heterocycles. The lowest BCUT2D eigenvalue weighted by Gasteiger charge is -2.19. The number of rotatable bonds is 5. The molecule has 3 aromatic rings. The van der Waals surface area contributed by atoms with E-state index < -0.39 is 0 Å². The smallest absolute Gasteiger partial charge is 0.138 e. The zero-order valence-corrected chi connectivity index (χ0v) is 14.5. The molecule has 0 spiro atoms. The largest absolute Gasteiger partial charge is 0.496 e. The van der Waals surface area contributed by atoms with Gasteiger partial charge in [0.2, 0.25) is 0 Å². The third-order valence-electron chi connectivity index (χ3n) is 4.84. The summed E-state index contributed by atoms with van der Waals surface area (Å²) in [5.41, 5.74) is 0. The van der Waals surface area contributed by atoms with Crippen LogP contribution in [0.2, 0.25) is 0 Å². The first-order valence-corrected chi connectivity index (χ1v) is 8.52. The van der Waals surface area contributed by atoms with Crippen molar-refractivity contribution in [2.75, 3.05) is 25.6 Å². The number of ether oxygens (including phenoxy) is 2. The average molecular weight is 338 g/mol. The molecule has 0 bridgehead atoms. The Morgan fingerprint density at radius 3 is 2.96 bits per heavy atom. The number of nitrogens with one attached hydrogen (secondary N) is 1. The van der Waals surface area contributed by atoms with Gasteiger partial charge in [-0.15, -0.1) is 0 Å². The van der Waals surface area contributed by atoms with Crippen molar-refractivity contribution < 1.29 is 9.47 Å². The number of aryl methyl sites for hydroxylation is 1. The van der Waals surface area contributed by atoms with E-state index in [0.29, 0.717) is 5.92 Å². The lowest BCUT2D eigenvalue weighted by Crippen LogP contribution is -2.20. The molecular formula is C19H22N4O2. The van der Waals surface area contributed by atoms with Crippen molar-refractivity contribution in [3.8, 4) is 5.75 Å². The van der Waals surface area contributed by atoms with Crippen LogP contribution < -0.4 is 10.1 Å². The molecule has 25 heavy (non-hydrogen) atoms. The number of pyridine rings is 1. The molecule has 4 rings (SSSR count). The fourth-order valence-electron chi connectivity index (χ4n) is 3.50. The Bertz CT molecular complexity index is 877. The van der Waals surface area contributed by atoms with Gasteiger partial charge in [0.1, 0.15) is 23.5 Å². The number of nitrogens with zero attached hydrogens (tertiary/aromatic N) is 3. The lowest BCUT2D eigenvalue weighted by atomic mass is 10.0. The number of aromatic nitrogens is 3. The molecule has 0 aliphatic carbocycles. The van der Waals surface area contributed by atoms with Crippen molar-refractivity contribution in [1.82, 2.24) is 14.5 Å². The summed E-state index contributed by atoms with van der Waals surface area (Å²) < 4.78 is 13.4. The quantitative estimate of drug-likeness (QED) is 0.774. The number of anilines is 1. The molecule has 0 radical (unpaired) electrons. The molecule has 0 amide bonds. The maximum absolute atomic E-state index is 5.94. The zero-order chi connectivity index (χ0) is 17.2. The Morgan fingerprint density at radius 1 is 1.24 bits per heavy atom. The summed E-state index contributed by atoms with van der Waals surface area (Å²) in [4.78, 5) is 8.97. The van der Waals surface area contributed by atoms with Crippen LogP contribution in [0, 0.1) is 5.92 Å². The van der Waals surface area contributed by atoms with Gasteiger partial charge in [-0.2, -0.15) is 0 Å². The Hall–Kier alpha value is -2.60. The van der Waals surface area contributed by atoms with E-state index in [1.54, 1.807) is 7.11 Å². The molecule has 0 unspecified atom stereocenters. The number of hydrogen-bond acceptors (Lipinski definition) is 5. The highest BCUT2D eigenvalue weighted by atomic mass is 16.5. The van der Waals surface area contributed by atoms with Crippen LogP contribution in [0.3, 0.4) is 0 Å². The van der Waals surface area contributed by atoms with E-state index in [2.05, 4.69) is 21.4 Å². The first kappa shape index (κ1) is 15.9. The summed E-state index contributed by atoms with van der Waals surface area (Å²) in [7, 11) is 3.70. The zero-order valence-electron chi connectivity index (χ0n) is 14.5. The molecule has 1 saturated heterocycles. The molecule has 130 valence electrons. The molecule has 1 aromatic carbocycles. The van der Waals surface area contributed by atoms with E-state index in [1.807, 2.05) is 48.4 Å². The molecule has 6 nitrogen and oxygen atoms in total. The van der Waals surface area contributed by atoms with Crippen LogP contribution in [-0.2, 0) is 11.8 Å². The summed E-state index contributed by atoms with van der Waals surface area (Å²) in [6.07, 6.45) is 6.63. The Labute approximate surface area is 146 Å². The SMILES string of the molecule is COc1cccc2c(NC[C@@H]3CCO[C@H]3c3nccn3C)nccc12. The first-order chi connectivity index (χ1) is 12.3. The van der Waals surface area contributed by atoms with Gasteiger partial charge in [0, 0.05) is 55.5 Å². The minimum atomic E-state index is 0.0250. The van der Waals surface area contributed by atoms with Gasteiger partial charge < -0.3 is 19.4 Å².